The summed E-state index contributed by atoms with van der Waals surface area (Å²) in [4.78, 5) is 10.5. The van der Waals surface area contributed by atoms with Crippen LogP contribution in [0.5, 0.6) is 0 Å². The highest BCUT2D eigenvalue weighted by Gasteiger charge is 2.40. The number of methoxy groups -OCH3 is 1. The smallest absolute Gasteiger partial charge is 0.185 e. The van der Waals surface area contributed by atoms with Crippen molar-refractivity contribution >= 4 is 16.5 Å². The second-order valence-electron chi connectivity index (χ2n) is 6.11. The third-order valence-corrected chi connectivity index (χ3v) is 5.53. The highest BCUT2D eigenvalue weighted by molar-refractivity contribution is 7.15. The lowest BCUT2D eigenvalue weighted by Gasteiger charge is -2.49. The second-order valence-corrected chi connectivity index (χ2v) is 7.20. The van der Waals surface area contributed by atoms with E-state index in [2.05, 4.69) is 41.2 Å². The molecule has 0 bridgehead atoms. The largest absolute Gasteiger partial charge is 0.383 e. The van der Waals surface area contributed by atoms with E-state index in [0.717, 1.165) is 31.4 Å². The number of aromatic nitrogens is 1. The molecule has 1 N–H and O–H groups in total. The molecular formula is C15H28N4OS. The fourth-order valence-corrected chi connectivity index (χ4v) is 3.62. The zero-order valence-corrected chi connectivity index (χ0v) is 14.5. The Morgan fingerprint density at radius 3 is 2.71 bits per heavy atom. The molecule has 0 aromatic carbocycles. The van der Waals surface area contributed by atoms with Crippen LogP contribution in [-0.4, -0.2) is 63.4 Å². The van der Waals surface area contributed by atoms with Gasteiger partial charge in [-0.15, -0.1) is 11.3 Å². The quantitative estimate of drug-likeness (QED) is 0.704. The SMILES string of the molecule is COCCNCc1cnc(N(C)CC2(N(C)C)CCC2)s1. The molecule has 1 heterocycles. The fourth-order valence-electron chi connectivity index (χ4n) is 2.78. The second kappa shape index (κ2) is 7.54. The van der Waals surface area contributed by atoms with Crippen LogP contribution in [0.1, 0.15) is 24.1 Å². The van der Waals surface area contributed by atoms with Crippen LogP contribution in [-0.2, 0) is 11.3 Å². The van der Waals surface area contributed by atoms with Crippen molar-refractivity contribution in [3.63, 3.8) is 0 Å². The van der Waals surface area contributed by atoms with Crippen LogP contribution in [0.2, 0.25) is 0 Å². The van der Waals surface area contributed by atoms with E-state index in [-0.39, 0.29) is 0 Å². The minimum atomic E-state index is 0.345. The number of likely N-dealkylation sites (N-methyl/N-ethyl adjacent to an activating group) is 2. The number of hydrogen-bond acceptors (Lipinski definition) is 6. The minimum absolute atomic E-state index is 0.345. The first-order valence-corrected chi connectivity index (χ1v) is 8.42. The molecule has 5 nitrogen and oxygen atoms in total. The van der Waals surface area contributed by atoms with Gasteiger partial charge in [0.2, 0.25) is 0 Å². The molecule has 1 aliphatic rings. The van der Waals surface area contributed by atoms with Gasteiger partial charge in [0.15, 0.2) is 5.13 Å². The number of thiazole rings is 1. The van der Waals surface area contributed by atoms with Gasteiger partial charge >= 0.3 is 0 Å². The first-order chi connectivity index (χ1) is 10.1. The summed E-state index contributed by atoms with van der Waals surface area (Å²) in [5.41, 5.74) is 0.345. The van der Waals surface area contributed by atoms with E-state index >= 15 is 0 Å². The Labute approximate surface area is 132 Å². The molecule has 1 aromatic heterocycles. The van der Waals surface area contributed by atoms with Gasteiger partial charge in [-0.25, -0.2) is 4.98 Å². The van der Waals surface area contributed by atoms with Gasteiger partial charge in [0.25, 0.3) is 0 Å². The summed E-state index contributed by atoms with van der Waals surface area (Å²) in [6.45, 7) is 3.55. The summed E-state index contributed by atoms with van der Waals surface area (Å²) in [6.07, 6.45) is 5.92. The van der Waals surface area contributed by atoms with Crippen molar-refractivity contribution in [2.24, 2.45) is 0 Å². The molecule has 0 saturated heterocycles. The molecule has 1 fully saturated rings. The maximum atomic E-state index is 5.03. The van der Waals surface area contributed by atoms with Crippen molar-refractivity contribution in [3.8, 4) is 0 Å². The highest BCUT2D eigenvalue weighted by atomic mass is 32.1. The average molecular weight is 312 g/mol. The normalized spacial score (nSPS) is 17.0. The van der Waals surface area contributed by atoms with Crippen LogP contribution >= 0.6 is 11.3 Å². The number of rotatable bonds is 9. The topological polar surface area (TPSA) is 40.6 Å². The summed E-state index contributed by atoms with van der Waals surface area (Å²) >= 11 is 1.78. The maximum Gasteiger partial charge on any atom is 0.185 e. The van der Waals surface area contributed by atoms with E-state index < -0.39 is 0 Å². The molecule has 6 heteroatoms. The Hall–Kier alpha value is -0.690. The number of nitrogens with one attached hydrogen (secondary N) is 1. The Morgan fingerprint density at radius 1 is 1.38 bits per heavy atom. The molecule has 1 saturated carbocycles. The predicted octanol–water partition coefficient (Wildman–Crippen LogP) is 1.80. The molecule has 1 aliphatic carbocycles. The van der Waals surface area contributed by atoms with E-state index in [1.165, 1.54) is 24.1 Å². The summed E-state index contributed by atoms with van der Waals surface area (Å²) < 4.78 is 5.03. The monoisotopic (exact) mass is 312 g/mol. The molecule has 0 atom stereocenters. The van der Waals surface area contributed by atoms with Gasteiger partial charge in [-0.3, -0.25) is 0 Å². The Bertz CT molecular complexity index is 431. The number of anilines is 1. The standard InChI is InChI=1S/C15H28N4OS/c1-18(2)15(6-5-7-15)12-19(3)14-17-11-13(21-14)10-16-8-9-20-4/h11,16H,5-10,12H2,1-4H3. The maximum absolute atomic E-state index is 5.03. The van der Waals surface area contributed by atoms with Crippen LogP contribution in [0.15, 0.2) is 6.20 Å². The van der Waals surface area contributed by atoms with Crippen molar-refractivity contribution in [1.82, 2.24) is 15.2 Å². The van der Waals surface area contributed by atoms with Crippen molar-refractivity contribution < 1.29 is 4.74 Å². The molecular weight excluding hydrogens is 284 g/mol. The van der Waals surface area contributed by atoms with Crippen LogP contribution in [0.4, 0.5) is 5.13 Å². The van der Waals surface area contributed by atoms with Gasteiger partial charge in [-0.2, -0.15) is 0 Å². The van der Waals surface area contributed by atoms with Crippen molar-refractivity contribution in [1.29, 1.82) is 0 Å². The lowest BCUT2D eigenvalue weighted by Crippen LogP contribution is -2.56. The van der Waals surface area contributed by atoms with Crippen molar-refractivity contribution in [2.45, 2.75) is 31.3 Å². The van der Waals surface area contributed by atoms with Crippen LogP contribution in [0.25, 0.3) is 0 Å². The molecule has 0 amide bonds. The van der Waals surface area contributed by atoms with E-state index in [1.807, 2.05) is 6.20 Å². The van der Waals surface area contributed by atoms with E-state index in [4.69, 9.17) is 4.74 Å². The molecule has 0 aliphatic heterocycles. The number of hydrogen-bond donors (Lipinski definition) is 1. The predicted molar refractivity (Wildman–Crippen MR) is 89.2 cm³/mol. The third kappa shape index (κ3) is 4.16. The fraction of sp³-hybridized carbons (Fsp3) is 0.800. The highest BCUT2D eigenvalue weighted by Crippen LogP contribution is 2.37. The molecule has 0 spiro atoms. The van der Waals surface area contributed by atoms with Crippen molar-refractivity contribution in [3.05, 3.63) is 11.1 Å². The minimum Gasteiger partial charge on any atom is -0.383 e. The lowest BCUT2D eigenvalue weighted by molar-refractivity contribution is 0.0683. The van der Waals surface area contributed by atoms with Gasteiger partial charge < -0.3 is 19.9 Å². The average Bonchev–Trinajstić information content (AvgIpc) is 2.87. The Morgan fingerprint density at radius 2 is 2.14 bits per heavy atom. The van der Waals surface area contributed by atoms with Crippen LogP contribution in [0, 0.1) is 0 Å². The lowest BCUT2D eigenvalue weighted by atomic mass is 9.75. The Balaban J connectivity index is 1.85. The Kier molecular flexibility index (Phi) is 5.98. The van der Waals surface area contributed by atoms with Gasteiger partial charge in [0.05, 0.1) is 6.61 Å². The molecule has 21 heavy (non-hydrogen) atoms. The zero-order chi connectivity index (χ0) is 15.3. The zero-order valence-electron chi connectivity index (χ0n) is 13.7. The van der Waals surface area contributed by atoms with E-state index in [0.29, 0.717) is 5.54 Å². The van der Waals surface area contributed by atoms with Crippen molar-refractivity contribution in [2.75, 3.05) is 52.8 Å². The van der Waals surface area contributed by atoms with Gasteiger partial charge in [-0.1, -0.05) is 0 Å². The molecule has 0 radical (unpaired) electrons. The molecule has 1 aromatic rings. The third-order valence-electron chi connectivity index (χ3n) is 4.41. The summed E-state index contributed by atoms with van der Waals surface area (Å²) in [7, 11) is 8.27. The first kappa shape index (κ1) is 16.7. The summed E-state index contributed by atoms with van der Waals surface area (Å²) in [5.74, 6) is 0. The molecule has 0 unspecified atom stereocenters. The molecule has 2 rings (SSSR count). The van der Waals surface area contributed by atoms with Gasteiger partial charge in [-0.05, 0) is 33.4 Å². The van der Waals surface area contributed by atoms with Crippen LogP contribution in [0.3, 0.4) is 0 Å². The van der Waals surface area contributed by atoms with E-state index in [1.54, 1.807) is 18.4 Å². The first-order valence-electron chi connectivity index (χ1n) is 7.60. The van der Waals surface area contributed by atoms with Gasteiger partial charge in [0, 0.05) is 50.4 Å². The van der Waals surface area contributed by atoms with E-state index in [9.17, 15) is 0 Å². The summed E-state index contributed by atoms with van der Waals surface area (Å²) in [6, 6.07) is 0. The summed E-state index contributed by atoms with van der Waals surface area (Å²) in [5, 5.41) is 4.48. The number of nitrogens with zero attached hydrogens (tertiary/aromatic N) is 3. The van der Waals surface area contributed by atoms with Gasteiger partial charge in [0.1, 0.15) is 0 Å². The number of ether oxygens (including phenoxy) is 1. The molecule has 120 valence electrons. The van der Waals surface area contributed by atoms with Crippen LogP contribution < -0.4 is 10.2 Å².